The van der Waals surface area contributed by atoms with E-state index in [1.807, 2.05) is 0 Å². The van der Waals surface area contributed by atoms with Crippen LogP contribution in [0.25, 0.3) is 0 Å². The minimum Gasteiger partial charge on any atom is -0.314 e. The Balaban J connectivity index is 0.00000220. The maximum Gasteiger partial charge on any atom is 0.163 e. The molecule has 0 saturated carbocycles. The molecule has 1 aromatic rings. The van der Waals surface area contributed by atoms with Crippen molar-refractivity contribution >= 4 is 24.8 Å². The third-order valence-corrected chi connectivity index (χ3v) is 3.94. The number of hydrogen-bond donors (Lipinski definition) is 1. The largest absolute Gasteiger partial charge is 0.314 e. The molecule has 1 aliphatic heterocycles. The summed E-state index contributed by atoms with van der Waals surface area (Å²) >= 11 is 0. The number of nitrogens with one attached hydrogen (secondary N) is 1. The van der Waals surface area contributed by atoms with E-state index >= 15 is 0 Å². The molecule has 1 saturated heterocycles. The van der Waals surface area contributed by atoms with Gasteiger partial charge in [0.1, 0.15) is 0 Å². The minimum atomic E-state index is -0.716. The van der Waals surface area contributed by atoms with Crippen molar-refractivity contribution in [2.24, 2.45) is 5.41 Å². The zero-order valence-electron chi connectivity index (χ0n) is 13.6. The van der Waals surface area contributed by atoms with Crippen molar-refractivity contribution in [1.29, 1.82) is 0 Å². The Morgan fingerprint density at radius 3 is 2.09 bits per heavy atom. The summed E-state index contributed by atoms with van der Waals surface area (Å²) in [5.74, 6) is -1.41. The standard InChI is InChI=1S/C16H24F2N2.2ClH/c1-11-5-6-12(14(18)13(11)17)15(16(2,3)4)20-9-7-19-8-10-20;;/h5-6,15,19H,7-10H2,1-4H3;2*1H/t15-;;/m1../s1. The van der Waals surface area contributed by atoms with Gasteiger partial charge in [-0.05, 0) is 17.9 Å². The molecule has 1 heterocycles. The van der Waals surface area contributed by atoms with Crippen LogP contribution in [0.4, 0.5) is 8.78 Å². The molecule has 0 aliphatic carbocycles. The second kappa shape index (κ2) is 8.44. The second-order valence-electron chi connectivity index (χ2n) is 6.65. The Labute approximate surface area is 144 Å². The number of rotatable bonds is 2. The van der Waals surface area contributed by atoms with Crippen LogP contribution in [-0.2, 0) is 0 Å². The van der Waals surface area contributed by atoms with Gasteiger partial charge in [-0.2, -0.15) is 0 Å². The SMILES string of the molecule is Cc1ccc([C@@H](N2CCNCC2)C(C)(C)C)c(F)c1F.Cl.Cl. The van der Waals surface area contributed by atoms with Gasteiger partial charge in [0.25, 0.3) is 0 Å². The number of piperazine rings is 1. The van der Waals surface area contributed by atoms with Crippen molar-refractivity contribution in [1.82, 2.24) is 10.2 Å². The van der Waals surface area contributed by atoms with Crippen LogP contribution in [0.3, 0.4) is 0 Å². The lowest BCUT2D eigenvalue weighted by Crippen LogP contribution is -2.48. The number of benzene rings is 1. The predicted molar refractivity (Wildman–Crippen MR) is 92.2 cm³/mol. The Bertz CT molecular complexity index is 484. The van der Waals surface area contributed by atoms with Gasteiger partial charge < -0.3 is 5.32 Å². The molecule has 128 valence electrons. The van der Waals surface area contributed by atoms with Crippen molar-refractivity contribution in [3.8, 4) is 0 Å². The monoisotopic (exact) mass is 354 g/mol. The van der Waals surface area contributed by atoms with Gasteiger partial charge in [0.2, 0.25) is 0 Å². The number of nitrogens with zero attached hydrogens (tertiary/aromatic N) is 1. The smallest absolute Gasteiger partial charge is 0.163 e. The molecular weight excluding hydrogens is 329 g/mol. The maximum absolute atomic E-state index is 14.4. The van der Waals surface area contributed by atoms with Crippen LogP contribution >= 0.6 is 24.8 Å². The van der Waals surface area contributed by atoms with Crippen molar-refractivity contribution in [3.05, 3.63) is 34.9 Å². The Hall–Kier alpha value is -0.420. The average Bonchev–Trinajstić information content (AvgIpc) is 2.39. The minimum absolute atomic E-state index is 0. The van der Waals surface area contributed by atoms with Gasteiger partial charge in [0, 0.05) is 37.8 Å². The number of halogens is 4. The molecule has 0 bridgehead atoms. The molecule has 1 aromatic carbocycles. The van der Waals surface area contributed by atoms with E-state index in [2.05, 4.69) is 31.0 Å². The fourth-order valence-corrected chi connectivity index (χ4v) is 3.02. The van der Waals surface area contributed by atoms with E-state index in [0.717, 1.165) is 26.2 Å². The van der Waals surface area contributed by atoms with Crippen molar-refractivity contribution in [2.75, 3.05) is 26.2 Å². The topological polar surface area (TPSA) is 15.3 Å². The van der Waals surface area contributed by atoms with Crippen LogP contribution in [0.5, 0.6) is 0 Å². The summed E-state index contributed by atoms with van der Waals surface area (Å²) in [6, 6.07) is 3.31. The van der Waals surface area contributed by atoms with Gasteiger partial charge in [0.05, 0.1) is 0 Å². The highest BCUT2D eigenvalue weighted by atomic mass is 35.5. The zero-order valence-corrected chi connectivity index (χ0v) is 15.2. The maximum atomic E-state index is 14.4. The van der Waals surface area contributed by atoms with Gasteiger partial charge in [-0.15, -0.1) is 24.8 Å². The lowest BCUT2D eigenvalue weighted by molar-refractivity contribution is 0.0828. The fraction of sp³-hybridized carbons (Fsp3) is 0.625. The van der Waals surface area contributed by atoms with Crippen LogP contribution in [0, 0.1) is 24.0 Å². The Kier molecular flexibility index (Phi) is 8.28. The number of aryl methyl sites for hydroxylation is 1. The van der Waals surface area contributed by atoms with Crippen LogP contribution < -0.4 is 5.32 Å². The van der Waals surface area contributed by atoms with Crippen LogP contribution in [0.15, 0.2) is 12.1 Å². The van der Waals surface area contributed by atoms with Gasteiger partial charge in [-0.25, -0.2) is 8.78 Å². The first kappa shape index (κ1) is 21.6. The van der Waals surface area contributed by atoms with Gasteiger partial charge in [-0.3, -0.25) is 4.90 Å². The van der Waals surface area contributed by atoms with E-state index in [-0.39, 0.29) is 36.3 Å². The lowest BCUT2D eigenvalue weighted by Gasteiger charge is -2.42. The average molecular weight is 355 g/mol. The van der Waals surface area contributed by atoms with E-state index in [1.54, 1.807) is 19.1 Å². The first-order chi connectivity index (χ1) is 9.32. The molecule has 0 aromatic heterocycles. The molecule has 0 radical (unpaired) electrons. The highest BCUT2D eigenvalue weighted by Gasteiger charge is 2.35. The van der Waals surface area contributed by atoms with Crippen LogP contribution in [0.1, 0.15) is 37.9 Å². The molecule has 2 rings (SSSR count). The summed E-state index contributed by atoms with van der Waals surface area (Å²) in [7, 11) is 0. The quantitative estimate of drug-likeness (QED) is 0.859. The predicted octanol–water partition coefficient (Wildman–Crippen LogP) is 4.11. The molecular formula is C16H26Cl2F2N2. The summed E-state index contributed by atoms with van der Waals surface area (Å²) in [5, 5.41) is 3.30. The Morgan fingerprint density at radius 2 is 1.59 bits per heavy atom. The highest BCUT2D eigenvalue weighted by Crippen LogP contribution is 2.39. The number of hydrogen-bond acceptors (Lipinski definition) is 2. The molecule has 0 spiro atoms. The molecule has 1 aliphatic rings. The summed E-state index contributed by atoms with van der Waals surface area (Å²) in [6.07, 6.45) is 0. The normalized spacial score (nSPS) is 17.4. The molecule has 0 amide bonds. The van der Waals surface area contributed by atoms with E-state index in [1.165, 1.54) is 0 Å². The molecule has 6 heteroatoms. The van der Waals surface area contributed by atoms with Crippen LogP contribution in [0.2, 0.25) is 0 Å². The first-order valence-corrected chi connectivity index (χ1v) is 7.21. The van der Waals surface area contributed by atoms with Gasteiger partial charge in [-0.1, -0.05) is 32.9 Å². The van der Waals surface area contributed by atoms with Crippen molar-refractivity contribution in [3.63, 3.8) is 0 Å². The van der Waals surface area contributed by atoms with Crippen molar-refractivity contribution in [2.45, 2.75) is 33.7 Å². The van der Waals surface area contributed by atoms with Gasteiger partial charge in [0.15, 0.2) is 11.6 Å². The van der Waals surface area contributed by atoms with Gasteiger partial charge >= 0.3 is 0 Å². The summed E-state index contributed by atoms with van der Waals surface area (Å²) in [5.41, 5.74) is 0.682. The molecule has 2 nitrogen and oxygen atoms in total. The fourth-order valence-electron chi connectivity index (χ4n) is 3.02. The van der Waals surface area contributed by atoms with Crippen molar-refractivity contribution < 1.29 is 8.78 Å². The summed E-state index contributed by atoms with van der Waals surface area (Å²) in [6.45, 7) is 11.3. The molecule has 1 N–H and O–H groups in total. The molecule has 22 heavy (non-hydrogen) atoms. The van der Waals surface area contributed by atoms with Crippen LogP contribution in [-0.4, -0.2) is 31.1 Å². The zero-order chi connectivity index (χ0) is 14.9. The molecule has 0 unspecified atom stereocenters. The summed E-state index contributed by atoms with van der Waals surface area (Å²) < 4.78 is 28.3. The third kappa shape index (κ3) is 4.54. The second-order valence-corrected chi connectivity index (χ2v) is 6.65. The lowest BCUT2D eigenvalue weighted by atomic mass is 9.80. The third-order valence-electron chi connectivity index (χ3n) is 3.94. The molecule has 1 fully saturated rings. The molecule has 1 atom stereocenters. The Morgan fingerprint density at radius 1 is 1.05 bits per heavy atom. The van der Waals surface area contributed by atoms with E-state index in [4.69, 9.17) is 0 Å². The van der Waals surface area contributed by atoms with E-state index < -0.39 is 11.6 Å². The highest BCUT2D eigenvalue weighted by molar-refractivity contribution is 5.85. The van der Waals surface area contributed by atoms with E-state index in [0.29, 0.717) is 11.1 Å². The first-order valence-electron chi connectivity index (χ1n) is 7.21. The van der Waals surface area contributed by atoms with E-state index in [9.17, 15) is 8.78 Å². The summed E-state index contributed by atoms with van der Waals surface area (Å²) in [4.78, 5) is 2.25.